The molecular weight excluding hydrogens is 228 g/mol. The number of nitrogens with zero attached hydrogens (tertiary/aromatic N) is 3. The molecule has 0 bridgehead atoms. The van der Waals surface area contributed by atoms with E-state index < -0.39 is 0 Å². The van der Waals surface area contributed by atoms with Crippen molar-refractivity contribution in [2.75, 3.05) is 12.8 Å². The molecule has 0 spiro atoms. The molecule has 1 unspecified atom stereocenters. The van der Waals surface area contributed by atoms with Crippen molar-refractivity contribution in [1.82, 2.24) is 25.7 Å². The first-order valence-corrected chi connectivity index (χ1v) is 5.04. The van der Waals surface area contributed by atoms with Crippen LogP contribution in [0.25, 0.3) is 0 Å². The number of nitrogens with one attached hydrogen (secondary N) is 2. The lowest BCUT2D eigenvalue weighted by Gasteiger charge is -2.15. The molecule has 2 heterocycles. The molecule has 0 saturated heterocycles. The summed E-state index contributed by atoms with van der Waals surface area (Å²) in [6.45, 7) is 0. The second-order valence-electron chi connectivity index (χ2n) is 3.24. The number of hydrogen-bond donors (Lipinski definition) is 3. The topological polar surface area (TPSA) is 92.5 Å². The molecule has 2 aromatic rings. The number of anilines is 1. The highest BCUT2D eigenvalue weighted by atomic mass is 35.5. The molecule has 1 atom stereocenters. The Labute approximate surface area is 97.2 Å². The summed E-state index contributed by atoms with van der Waals surface area (Å²) in [7, 11) is 1.81. The fourth-order valence-electron chi connectivity index (χ4n) is 1.51. The number of hydrogen-bond acceptors (Lipinski definition) is 5. The molecule has 7 heteroatoms. The third kappa shape index (κ3) is 1.98. The lowest BCUT2D eigenvalue weighted by molar-refractivity contribution is 0.667. The van der Waals surface area contributed by atoms with Crippen molar-refractivity contribution in [2.45, 2.75) is 6.04 Å². The van der Waals surface area contributed by atoms with E-state index in [0.29, 0.717) is 10.8 Å². The third-order valence-corrected chi connectivity index (χ3v) is 2.45. The first-order chi connectivity index (χ1) is 7.72. The van der Waals surface area contributed by atoms with Crippen LogP contribution in [0, 0.1) is 0 Å². The van der Waals surface area contributed by atoms with Gasteiger partial charge < -0.3 is 11.1 Å². The smallest absolute Gasteiger partial charge is 0.128 e. The highest BCUT2D eigenvalue weighted by Crippen LogP contribution is 2.25. The molecule has 4 N–H and O–H groups in total. The minimum Gasteiger partial charge on any atom is -0.383 e. The zero-order chi connectivity index (χ0) is 11.5. The highest BCUT2D eigenvalue weighted by Gasteiger charge is 2.18. The average molecular weight is 239 g/mol. The Balaban J connectivity index is 2.44. The van der Waals surface area contributed by atoms with E-state index in [0.717, 1.165) is 11.3 Å². The van der Waals surface area contributed by atoms with E-state index in [1.807, 2.05) is 0 Å². The van der Waals surface area contributed by atoms with Crippen molar-refractivity contribution in [3.8, 4) is 0 Å². The molecule has 0 amide bonds. The summed E-state index contributed by atoms with van der Waals surface area (Å²) in [5.41, 5.74) is 7.32. The highest BCUT2D eigenvalue weighted by molar-refractivity contribution is 6.30. The summed E-state index contributed by atoms with van der Waals surface area (Å²) in [5.74, 6) is 0.423. The van der Waals surface area contributed by atoms with E-state index in [1.54, 1.807) is 19.3 Å². The largest absolute Gasteiger partial charge is 0.383 e. The number of nitrogens with two attached hydrogens (primary N) is 1. The van der Waals surface area contributed by atoms with Crippen molar-refractivity contribution >= 4 is 17.4 Å². The average Bonchev–Trinajstić information content (AvgIpc) is 2.78. The van der Waals surface area contributed by atoms with Gasteiger partial charge in [-0.3, -0.25) is 0 Å². The van der Waals surface area contributed by atoms with E-state index in [2.05, 4.69) is 25.7 Å². The molecule has 16 heavy (non-hydrogen) atoms. The van der Waals surface area contributed by atoms with Gasteiger partial charge in [-0.15, -0.1) is 0 Å². The van der Waals surface area contributed by atoms with Crippen molar-refractivity contribution in [2.24, 2.45) is 0 Å². The maximum atomic E-state index is 5.89. The predicted molar refractivity (Wildman–Crippen MR) is 60.9 cm³/mol. The van der Waals surface area contributed by atoms with Crippen molar-refractivity contribution in [3.05, 3.63) is 34.7 Å². The van der Waals surface area contributed by atoms with E-state index >= 15 is 0 Å². The molecule has 0 aliphatic rings. The van der Waals surface area contributed by atoms with Gasteiger partial charge in [-0.2, -0.15) is 15.4 Å². The Bertz CT molecular complexity index is 469. The molecule has 0 aromatic carbocycles. The number of halogens is 1. The van der Waals surface area contributed by atoms with Crippen LogP contribution < -0.4 is 11.1 Å². The number of aromatic amines is 1. The Hall–Kier alpha value is -1.66. The van der Waals surface area contributed by atoms with Crippen LogP contribution in [0.5, 0.6) is 0 Å². The first kappa shape index (κ1) is 10.8. The van der Waals surface area contributed by atoms with Gasteiger partial charge >= 0.3 is 0 Å². The number of nitrogen functional groups attached to an aromatic ring is 1. The third-order valence-electron chi connectivity index (χ3n) is 2.25. The monoisotopic (exact) mass is 238 g/mol. The Morgan fingerprint density at radius 1 is 1.50 bits per heavy atom. The summed E-state index contributed by atoms with van der Waals surface area (Å²) in [5, 5.41) is 13.9. The van der Waals surface area contributed by atoms with Crippen LogP contribution in [0.1, 0.15) is 17.3 Å². The number of pyridine rings is 1. The number of H-pyrrole nitrogens is 1. The molecule has 0 aliphatic heterocycles. The van der Waals surface area contributed by atoms with Crippen LogP contribution in [0.4, 0.5) is 5.82 Å². The maximum Gasteiger partial charge on any atom is 0.128 e. The van der Waals surface area contributed by atoms with Crippen LogP contribution in [-0.2, 0) is 0 Å². The minimum absolute atomic E-state index is 0.176. The normalized spacial score (nSPS) is 12.6. The maximum absolute atomic E-state index is 5.89. The van der Waals surface area contributed by atoms with Crippen LogP contribution in [0.2, 0.25) is 5.02 Å². The molecule has 2 aromatic heterocycles. The Kier molecular flexibility index (Phi) is 3.02. The Morgan fingerprint density at radius 2 is 2.31 bits per heavy atom. The quantitative estimate of drug-likeness (QED) is 0.734. The summed E-state index contributed by atoms with van der Waals surface area (Å²) < 4.78 is 0. The van der Waals surface area contributed by atoms with Crippen molar-refractivity contribution in [3.63, 3.8) is 0 Å². The second kappa shape index (κ2) is 4.46. The van der Waals surface area contributed by atoms with E-state index in [4.69, 9.17) is 17.3 Å². The van der Waals surface area contributed by atoms with Crippen LogP contribution >= 0.6 is 11.6 Å². The fraction of sp³-hybridized carbons (Fsp3) is 0.222. The van der Waals surface area contributed by atoms with Gasteiger partial charge in [0.05, 0.1) is 17.3 Å². The molecular formula is C9H11ClN6. The van der Waals surface area contributed by atoms with Crippen LogP contribution in [0.3, 0.4) is 0 Å². The number of aromatic nitrogens is 4. The van der Waals surface area contributed by atoms with E-state index in [-0.39, 0.29) is 6.04 Å². The van der Waals surface area contributed by atoms with E-state index in [1.165, 1.54) is 6.20 Å². The molecule has 2 rings (SSSR count). The zero-order valence-corrected chi connectivity index (χ0v) is 9.36. The standard InChI is InChI=1S/C9H11ClN6/c1-12-8(7-4-14-16-15-7)6-2-5(10)3-13-9(6)11/h2-4,8,12H,1H3,(H2,11,13)(H,14,15,16). The SMILES string of the molecule is CNC(c1cn[nH]n1)c1cc(Cl)cnc1N. The number of rotatable bonds is 3. The summed E-state index contributed by atoms with van der Waals surface area (Å²) >= 11 is 5.89. The van der Waals surface area contributed by atoms with Gasteiger partial charge in [0, 0.05) is 11.8 Å². The summed E-state index contributed by atoms with van der Waals surface area (Å²) in [6, 6.07) is 1.59. The second-order valence-corrected chi connectivity index (χ2v) is 3.68. The van der Waals surface area contributed by atoms with Gasteiger partial charge in [0.2, 0.25) is 0 Å². The van der Waals surface area contributed by atoms with Crippen LogP contribution in [-0.4, -0.2) is 27.4 Å². The first-order valence-electron chi connectivity index (χ1n) is 4.66. The van der Waals surface area contributed by atoms with Gasteiger partial charge in [0.1, 0.15) is 11.5 Å². The van der Waals surface area contributed by atoms with Crippen molar-refractivity contribution < 1.29 is 0 Å². The molecule has 84 valence electrons. The van der Waals surface area contributed by atoms with Gasteiger partial charge in [-0.05, 0) is 13.1 Å². The van der Waals surface area contributed by atoms with Crippen molar-refractivity contribution in [1.29, 1.82) is 0 Å². The Morgan fingerprint density at radius 3 is 2.94 bits per heavy atom. The molecule has 0 fully saturated rings. The summed E-state index contributed by atoms with van der Waals surface area (Å²) in [6.07, 6.45) is 3.14. The van der Waals surface area contributed by atoms with Gasteiger partial charge in [0.25, 0.3) is 0 Å². The fourth-order valence-corrected chi connectivity index (χ4v) is 1.68. The molecule has 0 aliphatic carbocycles. The lowest BCUT2D eigenvalue weighted by Crippen LogP contribution is -2.20. The molecule has 0 saturated carbocycles. The lowest BCUT2D eigenvalue weighted by atomic mass is 10.1. The molecule has 0 radical (unpaired) electrons. The minimum atomic E-state index is -0.176. The van der Waals surface area contributed by atoms with Gasteiger partial charge in [0.15, 0.2) is 0 Å². The van der Waals surface area contributed by atoms with Gasteiger partial charge in [-0.1, -0.05) is 11.6 Å². The predicted octanol–water partition coefficient (Wildman–Crippen LogP) is 0.744. The van der Waals surface area contributed by atoms with E-state index in [9.17, 15) is 0 Å². The summed E-state index contributed by atoms with van der Waals surface area (Å²) in [4.78, 5) is 4.00. The van der Waals surface area contributed by atoms with Gasteiger partial charge in [-0.25, -0.2) is 4.98 Å². The zero-order valence-electron chi connectivity index (χ0n) is 8.61. The molecule has 6 nitrogen and oxygen atoms in total. The van der Waals surface area contributed by atoms with Crippen LogP contribution in [0.15, 0.2) is 18.5 Å².